The molecule has 0 fully saturated rings. The third kappa shape index (κ3) is 3.28. The van der Waals surface area contributed by atoms with E-state index >= 15 is 0 Å². The molecule has 0 spiro atoms. The van der Waals surface area contributed by atoms with Gasteiger partial charge in [0.2, 0.25) is 0 Å². The Bertz CT molecular complexity index is 857. The fourth-order valence-corrected chi connectivity index (χ4v) is 2.20. The lowest BCUT2D eigenvalue weighted by atomic mass is 9.96. The molecule has 0 bridgehead atoms. The average molecular weight is 322 g/mol. The number of aromatic nitrogens is 2. The summed E-state index contributed by atoms with van der Waals surface area (Å²) in [4.78, 5) is 12.5. The minimum atomic E-state index is -0.574. The van der Waals surface area contributed by atoms with Crippen LogP contribution < -0.4 is 4.74 Å². The molecule has 1 heterocycles. The molecule has 1 aromatic heterocycles. The molecule has 6 nitrogen and oxygen atoms in total. The van der Waals surface area contributed by atoms with Crippen LogP contribution in [0.5, 0.6) is 11.5 Å². The fourth-order valence-electron chi connectivity index (χ4n) is 2.20. The van der Waals surface area contributed by atoms with Crippen LogP contribution in [0.1, 0.15) is 48.1 Å². The molecule has 0 amide bonds. The van der Waals surface area contributed by atoms with E-state index in [0.29, 0.717) is 34.0 Å². The molecule has 0 radical (unpaired) electrons. The van der Waals surface area contributed by atoms with E-state index < -0.39 is 5.41 Å². The van der Waals surface area contributed by atoms with Gasteiger partial charge in [0, 0.05) is 5.41 Å². The Labute approximate surface area is 140 Å². The first-order valence-electron chi connectivity index (χ1n) is 7.41. The maximum atomic E-state index is 12.5. The third-order valence-electron chi connectivity index (χ3n) is 3.44. The average Bonchev–Trinajstić information content (AvgIpc) is 2.80. The van der Waals surface area contributed by atoms with Gasteiger partial charge < -0.3 is 4.74 Å². The standard InChI is InChI=1S/C18H18N4O2/c1-11-16(12(2)22(21-11)17(23)18(3,4)5)24-15-7-13(9-19)6-14(8-15)10-20/h6-8H,1-5H3. The summed E-state index contributed by atoms with van der Waals surface area (Å²) in [5.41, 5.74) is 1.23. The monoisotopic (exact) mass is 322 g/mol. The Hall–Kier alpha value is -3.12. The molecule has 0 saturated heterocycles. The van der Waals surface area contributed by atoms with Gasteiger partial charge in [0.05, 0.1) is 29.0 Å². The zero-order chi connectivity index (χ0) is 18.1. The highest BCUT2D eigenvalue weighted by molar-refractivity contribution is 5.84. The molecule has 2 aromatic rings. The molecule has 0 N–H and O–H groups in total. The number of rotatable bonds is 2. The molecule has 2 rings (SSSR count). The molecule has 0 aliphatic heterocycles. The summed E-state index contributed by atoms with van der Waals surface area (Å²) in [5.74, 6) is 0.674. The van der Waals surface area contributed by atoms with Crippen LogP contribution in [0.25, 0.3) is 0 Å². The molecule has 122 valence electrons. The molecule has 6 heteroatoms. The molecule has 0 saturated carbocycles. The first-order valence-corrected chi connectivity index (χ1v) is 7.41. The first kappa shape index (κ1) is 17.2. The lowest BCUT2D eigenvalue weighted by Gasteiger charge is -2.17. The number of carbonyl (C=O) groups excluding carboxylic acids is 1. The first-order chi connectivity index (χ1) is 11.2. The van der Waals surface area contributed by atoms with Gasteiger partial charge in [0.25, 0.3) is 5.91 Å². The van der Waals surface area contributed by atoms with Gasteiger partial charge >= 0.3 is 0 Å². The second kappa shape index (κ2) is 6.17. The molecule has 0 atom stereocenters. The highest BCUT2D eigenvalue weighted by Crippen LogP contribution is 2.31. The highest BCUT2D eigenvalue weighted by Gasteiger charge is 2.27. The molecule has 0 aliphatic carbocycles. The van der Waals surface area contributed by atoms with Crippen LogP contribution in [0.2, 0.25) is 0 Å². The van der Waals surface area contributed by atoms with Crippen molar-refractivity contribution in [2.75, 3.05) is 0 Å². The Morgan fingerprint density at radius 2 is 1.67 bits per heavy atom. The van der Waals surface area contributed by atoms with Gasteiger partial charge in [-0.05, 0) is 32.0 Å². The Kier molecular flexibility index (Phi) is 4.43. The number of nitrogens with zero attached hydrogens (tertiary/aromatic N) is 4. The van der Waals surface area contributed by atoms with Crippen molar-refractivity contribution < 1.29 is 9.53 Å². The summed E-state index contributed by atoms with van der Waals surface area (Å²) in [6, 6.07) is 8.56. The van der Waals surface area contributed by atoms with Crippen molar-refractivity contribution in [2.24, 2.45) is 5.41 Å². The third-order valence-corrected chi connectivity index (χ3v) is 3.44. The summed E-state index contributed by atoms with van der Waals surface area (Å²) >= 11 is 0. The fraction of sp³-hybridized carbons (Fsp3) is 0.333. The number of benzene rings is 1. The van der Waals surface area contributed by atoms with Gasteiger partial charge in [-0.1, -0.05) is 20.8 Å². The van der Waals surface area contributed by atoms with E-state index in [1.54, 1.807) is 26.0 Å². The minimum absolute atomic E-state index is 0.138. The van der Waals surface area contributed by atoms with E-state index in [2.05, 4.69) is 5.10 Å². The van der Waals surface area contributed by atoms with Gasteiger partial charge in [0.1, 0.15) is 11.4 Å². The van der Waals surface area contributed by atoms with Gasteiger partial charge in [-0.15, -0.1) is 0 Å². The predicted octanol–water partition coefficient (Wildman–Crippen LogP) is 3.72. The lowest BCUT2D eigenvalue weighted by molar-refractivity contribution is 0.0745. The summed E-state index contributed by atoms with van der Waals surface area (Å²) < 4.78 is 7.17. The second-order valence-electron chi connectivity index (χ2n) is 6.54. The lowest BCUT2D eigenvalue weighted by Crippen LogP contribution is -2.28. The Balaban J connectivity index is 2.46. The summed E-state index contributed by atoms with van der Waals surface area (Å²) in [7, 11) is 0. The number of hydrogen-bond donors (Lipinski definition) is 0. The second-order valence-corrected chi connectivity index (χ2v) is 6.54. The number of hydrogen-bond acceptors (Lipinski definition) is 5. The minimum Gasteiger partial charge on any atom is -0.453 e. The van der Waals surface area contributed by atoms with E-state index in [4.69, 9.17) is 15.3 Å². The topological polar surface area (TPSA) is 91.7 Å². The van der Waals surface area contributed by atoms with Crippen molar-refractivity contribution in [2.45, 2.75) is 34.6 Å². The highest BCUT2D eigenvalue weighted by atomic mass is 16.5. The zero-order valence-electron chi connectivity index (χ0n) is 14.3. The van der Waals surface area contributed by atoms with Crippen molar-refractivity contribution in [1.29, 1.82) is 10.5 Å². The smallest absolute Gasteiger partial charge is 0.252 e. The van der Waals surface area contributed by atoms with Gasteiger partial charge in [0.15, 0.2) is 5.75 Å². The van der Waals surface area contributed by atoms with Gasteiger partial charge in [-0.2, -0.15) is 15.6 Å². The SMILES string of the molecule is Cc1nn(C(=O)C(C)(C)C)c(C)c1Oc1cc(C#N)cc(C#N)c1. The van der Waals surface area contributed by atoms with E-state index in [9.17, 15) is 4.79 Å². The van der Waals surface area contributed by atoms with Crippen molar-refractivity contribution >= 4 is 5.91 Å². The van der Waals surface area contributed by atoms with E-state index in [1.165, 1.54) is 10.7 Å². The zero-order valence-corrected chi connectivity index (χ0v) is 14.3. The van der Waals surface area contributed by atoms with E-state index in [-0.39, 0.29) is 5.91 Å². The summed E-state index contributed by atoms with van der Waals surface area (Å²) in [5, 5.41) is 22.4. The van der Waals surface area contributed by atoms with Crippen LogP contribution in [0.4, 0.5) is 0 Å². The summed E-state index contributed by atoms with van der Waals surface area (Å²) in [6.07, 6.45) is 0. The van der Waals surface area contributed by atoms with Gasteiger partial charge in [-0.25, -0.2) is 4.68 Å². The predicted molar refractivity (Wildman–Crippen MR) is 87.7 cm³/mol. The van der Waals surface area contributed by atoms with Crippen LogP contribution in [-0.2, 0) is 0 Å². The van der Waals surface area contributed by atoms with Crippen LogP contribution in [0, 0.1) is 41.9 Å². The normalized spacial score (nSPS) is 10.8. The molecule has 0 unspecified atom stereocenters. The number of nitriles is 2. The molecule has 1 aromatic carbocycles. The Morgan fingerprint density at radius 3 is 2.12 bits per heavy atom. The number of carbonyl (C=O) groups is 1. The quantitative estimate of drug-likeness (QED) is 0.840. The molecule has 24 heavy (non-hydrogen) atoms. The van der Waals surface area contributed by atoms with Crippen molar-refractivity contribution in [3.63, 3.8) is 0 Å². The van der Waals surface area contributed by atoms with E-state index in [1.807, 2.05) is 32.9 Å². The molecular formula is C18H18N4O2. The number of aryl methyl sites for hydroxylation is 1. The van der Waals surface area contributed by atoms with Crippen LogP contribution >= 0.6 is 0 Å². The van der Waals surface area contributed by atoms with Crippen molar-refractivity contribution in [3.05, 3.63) is 40.7 Å². The maximum Gasteiger partial charge on any atom is 0.252 e. The maximum absolute atomic E-state index is 12.5. The summed E-state index contributed by atoms with van der Waals surface area (Å²) in [6.45, 7) is 8.96. The number of ether oxygens (including phenoxy) is 1. The largest absolute Gasteiger partial charge is 0.453 e. The molecular weight excluding hydrogens is 304 g/mol. The van der Waals surface area contributed by atoms with Crippen LogP contribution in [0.15, 0.2) is 18.2 Å². The Morgan fingerprint density at radius 1 is 1.12 bits per heavy atom. The van der Waals surface area contributed by atoms with Crippen molar-refractivity contribution in [1.82, 2.24) is 9.78 Å². The van der Waals surface area contributed by atoms with Crippen LogP contribution in [-0.4, -0.2) is 15.7 Å². The van der Waals surface area contributed by atoms with Crippen molar-refractivity contribution in [3.8, 4) is 23.6 Å². The van der Waals surface area contributed by atoms with Crippen LogP contribution in [0.3, 0.4) is 0 Å². The molecule has 0 aliphatic rings. The van der Waals surface area contributed by atoms with Gasteiger partial charge in [-0.3, -0.25) is 4.79 Å². The van der Waals surface area contributed by atoms with E-state index in [0.717, 1.165) is 0 Å².